The Kier molecular flexibility index (Phi) is 6.40. The van der Waals surface area contributed by atoms with Gasteiger partial charge in [-0.15, -0.1) is 11.3 Å². The van der Waals surface area contributed by atoms with Gasteiger partial charge in [0.15, 0.2) is 0 Å². The van der Waals surface area contributed by atoms with Gasteiger partial charge in [0.2, 0.25) is 0 Å². The van der Waals surface area contributed by atoms with Crippen LogP contribution in [0, 0.1) is 0 Å². The van der Waals surface area contributed by atoms with Crippen molar-refractivity contribution in [2.24, 2.45) is 10.7 Å². The quantitative estimate of drug-likeness (QED) is 0.160. The molecule has 196 valence electrons. The first-order valence-corrected chi connectivity index (χ1v) is 14.3. The van der Waals surface area contributed by atoms with E-state index in [1.807, 2.05) is 59.9 Å². The van der Waals surface area contributed by atoms with Gasteiger partial charge in [0.25, 0.3) is 0 Å². The van der Waals surface area contributed by atoms with Crippen LogP contribution in [0.4, 0.5) is 11.4 Å². The van der Waals surface area contributed by atoms with Crippen LogP contribution >= 0.6 is 11.3 Å². The summed E-state index contributed by atoms with van der Waals surface area (Å²) in [6, 6.07) is 37.6. The molecule has 7 rings (SSSR count). The summed E-state index contributed by atoms with van der Waals surface area (Å²) in [5, 5.41) is 8.46. The van der Waals surface area contributed by atoms with Crippen LogP contribution in [0.25, 0.3) is 21.2 Å². The van der Waals surface area contributed by atoms with Gasteiger partial charge in [-0.25, -0.2) is 4.99 Å². The fourth-order valence-electron chi connectivity index (χ4n) is 5.56. The van der Waals surface area contributed by atoms with E-state index in [1.54, 1.807) is 0 Å². The van der Waals surface area contributed by atoms with Crippen molar-refractivity contribution in [1.29, 1.82) is 0 Å². The Morgan fingerprint density at radius 1 is 0.900 bits per heavy atom. The van der Waals surface area contributed by atoms with E-state index in [-0.39, 0.29) is 6.17 Å². The number of nitrogens with two attached hydrogens (primary N) is 1. The molecule has 2 aliphatic heterocycles. The number of hydrogen-bond donors (Lipinski definition) is 3. The number of nitrogens with one attached hydrogen (secondary N) is 2. The summed E-state index contributed by atoms with van der Waals surface area (Å²) in [6.45, 7) is 1.34. The van der Waals surface area contributed by atoms with E-state index < -0.39 is 0 Å². The summed E-state index contributed by atoms with van der Waals surface area (Å²) in [5.41, 5.74) is 14.8. The highest BCUT2D eigenvalue weighted by molar-refractivity contribution is 7.21. The number of thiophene rings is 1. The molecule has 0 amide bonds. The van der Waals surface area contributed by atoms with Crippen LogP contribution < -0.4 is 21.3 Å². The van der Waals surface area contributed by atoms with E-state index in [1.165, 1.54) is 43.0 Å². The van der Waals surface area contributed by atoms with Crippen molar-refractivity contribution in [2.75, 3.05) is 18.1 Å². The summed E-state index contributed by atoms with van der Waals surface area (Å²) in [7, 11) is 0. The SMILES string of the molecule is NC(=NC(NCN1c2ccccc2C2=C(C=CNC2)c2sc3ccccc3c21)c1ccccc1)c1ccccc1. The van der Waals surface area contributed by atoms with Crippen molar-refractivity contribution < 1.29 is 0 Å². The second-order valence-electron chi connectivity index (χ2n) is 9.88. The lowest BCUT2D eigenvalue weighted by molar-refractivity contribution is 0.561. The Labute approximate surface area is 238 Å². The summed E-state index contributed by atoms with van der Waals surface area (Å²) in [5.74, 6) is 0.508. The summed E-state index contributed by atoms with van der Waals surface area (Å²) in [4.78, 5) is 8.69. The number of dihydropyridines is 1. The first-order chi connectivity index (χ1) is 19.8. The van der Waals surface area contributed by atoms with Crippen molar-refractivity contribution in [3.63, 3.8) is 0 Å². The van der Waals surface area contributed by atoms with Gasteiger partial charge in [-0.05, 0) is 35.5 Å². The van der Waals surface area contributed by atoms with Crippen LogP contribution in [0.1, 0.15) is 27.7 Å². The Hall–Kier alpha value is -4.65. The second-order valence-corrected chi connectivity index (χ2v) is 10.9. The molecule has 0 saturated carbocycles. The molecule has 4 N–H and O–H groups in total. The fourth-order valence-corrected chi connectivity index (χ4v) is 6.82. The lowest BCUT2D eigenvalue weighted by Crippen LogP contribution is -2.34. The normalized spacial score (nSPS) is 15.2. The zero-order valence-electron chi connectivity index (χ0n) is 21.9. The maximum atomic E-state index is 6.53. The van der Waals surface area contributed by atoms with Crippen LogP contribution in [0.15, 0.2) is 126 Å². The van der Waals surface area contributed by atoms with Crippen molar-refractivity contribution in [2.45, 2.75) is 6.17 Å². The molecule has 1 aromatic heterocycles. The molecule has 5 nitrogen and oxygen atoms in total. The third kappa shape index (κ3) is 4.37. The molecule has 0 fully saturated rings. The number of aliphatic imine (C=N–C) groups is 1. The molecule has 0 aliphatic carbocycles. The number of fused-ring (bicyclic) bond motifs is 6. The lowest BCUT2D eigenvalue weighted by Gasteiger charge is -2.29. The Morgan fingerprint density at radius 2 is 1.62 bits per heavy atom. The number of benzene rings is 4. The zero-order chi connectivity index (χ0) is 26.9. The number of anilines is 2. The lowest BCUT2D eigenvalue weighted by atomic mass is 9.96. The van der Waals surface area contributed by atoms with E-state index in [9.17, 15) is 0 Å². The monoisotopic (exact) mass is 539 g/mol. The molecular weight excluding hydrogens is 510 g/mol. The van der Waals surface area contributed by atoms with Crippen LogP contribution in [-0.2, 0) is 0 Å². The highest BCUT2D eigenvalue weighted by Gasteiger charge is 2.30. The predicted molar refractivity (Wildman–Crippen MR) is 169 cm³/mol. The van der Waals surface area contributed by atoms with Gasteiger partial charge in [0.1, 0.15) is 12.0 Å². The maximum absolute atomic E-state index is 6.53. The van der Waals surface area contributed by atoms with E-state index in [4.69, 9.17) is 10.7 Å². The number of nitrogens with zero attached hydrogens (tertiary/aromatic N) is 2. The van der Waals surface area contributed by atoms with E-state index >= 15 is 0 Å². The van der Waals surface area contributed by atoms with E-state index in [2.05, 4.69) is 88.5 Å². The summed E-state index contributed by atoms with van der Waals surface area (Å²) in [6.07, 6.45) is 3.96. The third-order valence-electron chi connectivity index (χ3n) is 7.47. The van der Waals surface area contributed by atoms with Crippen molar-refractivity contribution in [3.05, 3.63) is 143 Å². The van der Waals surface area contributed by atoms with Crippen molar-refractivity contribution >= 4 is 49.8 Å². The van der Waals surface area contributed by atoms with Gasteiger partial charge in [-0.2, -0.15) is 0 Å². The topological polar surface area (TPSA) is 65.7 Å². The molecular formula is C34H29N5S. The highest BCUT2D eigenvalue weighted by Crippen LogP contribution is 2.51. The number of para-hydroxylation sites is 1. The number of rotatable bonds is 6. The smallest absolute Gasteiger partial charge is 0.129 e. The predicted octanol–water partition coefficient (Wildman–Crippen LogP) is 7.03. The zero-order valence-corrected chi connectivity index (χ0v) is 22.7. The minimum atomic E-state index is -0.325. The maximum Gasteiger partial charge on any atom is 0.129 e. The molecule has 1 unspecified atom stereocenters. The molecule has 40 heavy (non-hydrogen) atoms. The molecule has 4 aromatic carbocycles. The average molecular weight is 540 g/mol. The second kappa shape index (κ2) is 10.5. The molecule has 0 radical (unpaired) electrons. The molecule has 1 atom stereocenters. The number of amidine groups is 1. The molecule has 3 heterocycles. The first-order valence-electron chi connectivity index (χ1n) is 13.5. The third-order valence-corrected chi connectivity index (χ3v) is 8.66. The van der Waals surface area contributed by atoms with Crippen LogP contribution in [0.2, 0.25) is 0 Å². The average Bonchev–Trinajstić information content (AvgIpc) is 3.36. The Morgan fingerprint density at radius 3 is 2.48 bits per heavy atom. The van der Waals surface area contributed by atoms with Gasteiger partial charge in [0.05, 0.1) is 17.2 Å². The van der Waals surface area contributed by atoms with Crippen molar-refractivity contribution in [3.8, 4) is 0 Å². The Balaban J connectivity index is 1.35. The molecule has 5 aromatic rings. The fraction of sp³-hybridized carbons (Fsp3) is 0.0882. The molecule has 6 heteroatoms. The van der Waals surface area contributed by atoms with Gasteiger partial charge in [-0.3, -0.25) is 5.32 Å². The number of hydrogen-bond acceptors (Lipinski definition) is 5. The first kappa shape index (κ1) is 24.4. The minimum absolute atomic E-state index is 0.325. The van der Waals surface area contributed by atoms with Gasteiger partial charge in [0, 0.05) is 39.0 Å². The standard InChI is InChI=1S/C34H29N5S/c35-33(23-11-3-1-4-12-23)38-34(24-13-5-2-6-14-24)37-22-39-29-17-9-7-15-25(29)28-21-36-20-19-26(28)32-31(39)27-16-8-10-18-30(27)40-32/h1-20,34,36-37H,21-22H2,(H2,35,38). The van der Waals surface area contributed by atoms with E-state index in [0.29, 0.717) is 12.5 Å². The highest BCUT2D eigenvalue weighted by atomic mass is 32.1. The largest absolute Gasteiger partial charge is 0.387 e. The minimum Gasteiger partial charge on any atom is -0.387 e. The van der Waals surface area contributed by atoms with Crippen LogP contribution in [0.5, 0.6) is 0 Å². The Bertz CT molecular complexity index is 1770. The summed E-state index contributed by atoms with van der Waals surface area (Å²) < 4.78 is 1.28. The van der Waals surface area contributed by atoms with Crippen LogP contribution in [-0.4, -0.2) is 19.0 Å². The summed E-state index contributed by atoms with van der Waals surface area (Å²) >= 11 is 1.86. The van der Waals surface area contributed by atoms with Crippen molar-refractivity contribution in [1.82, 2.24) is 10.6 Å². The molecule has 0 bridgehead atoms. The molecule has 2 aliphatic rings. The molecule has 0 spiro atoms. The molecule has 0 saturated heterocycles. The number of allylic oxidation sites excluding steroid dienone is 2. The van der Waals surface area contributed by atoms with Crippen LogP contribution in [0.3, 0.4) is 0 Å². The van der Waals surface area contributed by atoms with Gasteiger partial charge in [-0.1, -0.05) is 97.1 Å². The van der Waals surface area contributed by atoms with Gasteiger partial charge < -0.3 is 16.0 Å². The van der Waals surface area contributed by atoms with Gasteiger partial charge >= 0.3 is 0 Å². The van der Waals surface area contributed by atoms with E-state index in [0.717, 1.165) is 17.7 Å².